The number of benzene rings is 2. The molecule has 96 valence electrons. The molecule has 1 unspecified atom stereocenters. The summed E-state index contributed by atoms with van der Waals surface area (Å²) in [5, 5.41) is 6.98. The van der Waals surface area contributed by atoms with Crippen LogP contribution in [0, 0.1) is 0 Å². The summed E-state index contributed by atoms with van der Waals surface area (Å²) in [5.41, 5.74) is 7.17. The van der Waals surface area contributed by atoms with Gasteiger partial charge in [-0.1, -0.05) is 36.4 Å². The van der Waals surface area contributed by atoms with Crippen molar-refractivity contribution < 1.29 is 0 Å². The molecule has 0 aromatic heterocycles. The lowest BCUT2D eigenvalue weighted by molar-refractivity contribution is 0.693. The molecule has 2 aliphatic rings. The molecule has 1 atom stereocenters. The molecular weight excluding hydrogens is 232 g/mol. The first-order chi connectivity index (χ1) is 9.40. The van der Waals surface area contributed by atoms with Crippen molar-refractivity contribution in [2.24, 2.45) is 0 Å². The molecule has 2 aliphatic heterocycles. The van der Waals surface area contributed by atoms with Crippen molar-refractivity contribution in [3.05, 3.63) is 64.7 Å². The third-order valence-electron chi connectivity index (χ3n) is 4.36. The molecule has 0 spiro atoms. The Hall–Kier alpha value is -1.80. The highest BCUT2D eigenvalue weighted by Gasteiger charge is 2.20. The molecule has 2 aromatic carbocycles. The van der Waals surface area contributed by atoms with E-state index in [9.17, 15) is 0 Å². The Morgan fingerprint density at radius 2 is 1.79 bits per heavy atom. The molecule has 0 saturated heterocycles. The second-order valence-electron chi connectivity index (χ2n) is 5.57. The van der Waals surface area contributed by atoms with E-state index in [1.54, 1.807) is 0 Å². The van der Waals surface area contributed by atoms with Crippen LogP contribution in [0.4, 0.5) is 5.69 Å². The lowest BCUT2D eigenvalue weighted by atomic mass is 9.87. The number of nitrogens with one attached hydrogen (secondary N) is 2. The van der Waals surface area contributed by atoms with E-state index in [0.29, 0.717) is 5.92 Å². The number of rotatable bonds is 1. The van der Waals surface area contributed by atoms with Crippen molar-refractivity contribution in [2.45, 2.75) is 25.4 Å². The van der Waals surface area contributed by atoms with Crippen molar-refractivity contribution in [1.82, 2.24) is 5.32 Å². The lowest BCUT2D eigenvalue weighted by Gasteiger charge is -2.26. The van der Waals surface area contributed by atoms with Gasteiger partial charge in [0, 0.05) is 31.2 Å². The summed E-state index contributed by atoms with van der Waals surface area (Å²) in [7, 11) is 0. The van der Waals surface area contributed by atoms with Gasteiger partial charge in [0.25, 0.3) is 0 Å². The van der Waals surface area contributed by atoms with E-state index >= 15 is 0 Å². The van der Waals surface area contributed by atoms with Crippen LogP contribution in [-0.2, 0) is 19.5 Å². The van der Waals surface area contributed by atoms with Crippen LogP contribution in [0.3, 0.4) is 0 Å². The highest BCUT2D eigenvalue weighted by Crippen LogP contribution is 2.31. The van der Waals surface area contributed by atoms with Crippen LogP contribution >= 0.6 is 0 Å². The Morgan fingerprint density at radius 1 is 0.895 bits per heavy atom. The standard InChI is InChI=1S/C17H18N2/c1-2-4-17-13(3-1)8-16(11-19-17)12-5-6-14-9-18-10-15(14)7-12/h1-7,16,18-19H,8-11H2. The predicted molar refractivity (Wildman–Crippen MR) is 78.4 cm³/mol. The second-order valence-corrected chi connectivity index (χ2v) is 5.57. The van der Waals surface area contributed by atoms with Gasteiger partial charge in [0.2, 0.25) is 0 Å². The first-order valence-corrected chi connectivity index (χ1v) is 7.04. The number of fused-ring (bicyclic) bond motifs is 2. The van der Waals surface area contributed by atoms with Crippen LogP contribution < -0.4 is 10.6 Å². The van der Waals surface area contributed by atoms with Gasteiger partial charge in [0.15, 0.2) is 0 Å². The van der Waals surface area contributed by atoms with Crippen LogP contribution in [0.25, 0.3) is 0 Å². The van der Waals surface area contributed by atoms with Crippen LogP contribution in [0.5, 0.6) is 0 Å². The monoisotopic (exact) mass is 250 g/mol. The van der Waals surface area contributed by atoms with Crippen molar-refractivity contribution >= 4 is 5.69 Å². The summed E-state index contributed by atoms with van der Waals surface area (Å²) in [6.45, 7) is 3.10. The Labute approximate surface area is 113 Å². The Bertz CT molecular complexity index is 618. The maximum Gasteiger partial charge on any atom is 0.0373 e. The number of hydrogen-bond acceptors (Lipinski definition) is 2. The molecule has 0 fully saturated rings. The number of hydrogen-bond donors (Lipinski definition) is 2. The van der Waals surface area contributed by atoms with Crippen LogP contribution in [0.2, 0.25) is 0 Å². The molecular formula is C17H18N2. The fourth-order valence-corrected chi connectivity index (χ4v) is 3.25. The summed E-state index contributed by atoms with van der Waals surface area (Å²) >= 11 is 0. The van der Waals surface area contributed by atoms with Crippen LogP contribution in [0.15, 0.2) is 42.5 Å². The third-order valence-corrected chi connectivity index (χ3v) is 4.36. The molecule has 0 radical (unpaired) electrons. The molecule has 2 nitrogen and oxygen atoms in total. The van der Waals surface area contributed by atoms with Gasteiger partial charge in [0.05, 0.1) is 0 Å². The van der Waals surface area contributed by atoms with Gasteiger partial charge in [-0.05, 0) is 34.7 Å². The molecule has 2 N–H and O–H groups in total. The summed E-state index contributed by atoms with van der Waals surface area (Å²) in [4.78, 5) is 0. The van der Waals surface area contributed by atoms with E-state index in [2.05, 4.69) is 53.1 Å². The van der Waals surface area contributed by atoms with Gasteiger partial charge in [-0.15, -0.1) is 0 Å². The Morgan fingerprint density at radius 3 is 2.79 bits per heavy atom. The maximum absolute atomic E-state index is 3.56. The fourth-order valence-electron chi connectivity index (χ4n) is 3.25. The highest BCUT2D eigenvalue weighted by molar-refractivity contribution is 5.54. The predicted octanol–water partition coefficient (Wildman–Crippen LogP) is 3.04. The minimum atomic E-state index is 0.598. The van der Waals surface area contributed by atoms with E-state index in [1.807, 2.05) is 0 Å². The van der Waals surface area contributed by atoms with E-state index < -0.39 is 0 Å². The normalized spacial score (nSPS) is 20.5. The molecule has 4 rings (SSSR count). The smallest absolute Gasteiger partial charge is 0.0373 e. The lowest BCUT2D eigenvalue weighted by Crippen LogP contribution is -2.21. The first kappa shape index (κ1) is 11.1. The van der Waals surface area contributed by atoms with Crippen LogP contribution in [0.1, 0.15) is 28.2 Å². The van der Waals surface area contributed by atoms with Crippen molar-refractivity contribution in [1.29, 1.82) is 0 Å². The quantitative estimate of drug-likeness (QED) is 0.813. The molecule has 0 aliphatic carbocycles. The van der Waals surface area contributed by atoms with Gasteiger partial charge in [-0.25, -0.2) is 0 Å². The van der Waals surface area contributed by atoms with Crippen molar-refractivity contribution in [3.63, 3.8) is 0 Å². The number of para-hydroxylation sites is 1. The SMILES string of the molecule is c1ccc2c(c1)CC(c1ccc3c(c1)CNC3)CN2. The van der Waals surface area contributed by atoms with Gasteiger partial charge in [-0.3, -0.25) is 0 Å². The second kappa shape index (κ2) is 4.39. The zero-order valence-electron chi connectivity index (χ0n) is 10.9. The Kier molecular flexibility index (Phi) is 2.56. The van der Waals surface area contributed by atoms with E-state index in [-0.39, 0.29) is 0 Å². The molecule has 19 heavy (non-hydrogen) atoms. The fraction of sp³-hybridized carbons (Fsp3) is 0.294. The van der Waals surface area contributed by atoms with Gasteiger partial charge in [0.1, 0.15) is 0 Å². The minimum Gasteiger partial charge on any atom is -0.384 e. The van der Waals surface area contributed by atoms with Gasteiger partial charge < -0.3 is 10.6 Å². The highest BCUT2D eigenvalue weighted by atomic mass is 14.9. The molecule has 0 saturated carbocycles. The van der Waals surface area contributed by atoms with Gasteiger partial charge >= 0.3 is 0 Å². The zero-order valence-corrected chi connectivity index (χ0v) is 10.9. The summed E-state index contributed by atoms with van der Waals surface area (Å²) in [6.07, 6.45) is 1.15. The van der Waals surface area contributed by atoms with E-state index in [1.165, 1.54) is 27.9 Å². The van der Waals surface area contributed by atoms with E-state index in [4.69, 9.17) is 0 Å². The number of anilines is 1. The van der Waals surface area contributed by atoms with Crippen LogP contribution in [-0.4, -0.2) is 6.54 Å². The molecule has 2 heteroatoms. The van der Waals surface area contributed by atoms with Gasteiger partial charge in [-0.2, -0.15) is 0 Å². The van der Waals surface area contributed by atoms with E-state index in [0.717, 1.165) is 26.1 Å². The average molecular weight is 250 g/mol. The van der Waals surface area contributed by atoms with Crippen molar-refractivity contribution in [2.75, 3.05) is 11.9 Å². The largest absolute Gasteiger partial charge is 0.384 e. The summed E-state index contributed by atoms with van der Waals surface area (Å²) < 4.78 is 0. The summed E-state index contributed by atoms with van der Waals surface area (Å²) in [6, 6.07) is 15.7. The zero-order chi connectivity index (χ0) is 12.7. The first-order valence-electron chi connectivity index (χ1n) is 7.04. The molecule has 2 heterocycles. The molecule has 0 amide bonds. The van der Waals surface area contributed by atoms with Crippen molar-refractivity contribution in [3.8, 4) is 0 Å². The third kappa shape index (κ3) is 1.92. The molecule has 0 bridgehead atoms. The summed E-state index contributed by atoms with van der Waals surface area (Å²) in [5.74, 6) is 0.598. The Balaban J connectivity index is 1.64. The minimum absolute atomic E-state index is 0.598. The average Bonchev–Trinajstić information content (AvgIpc) is 2.94. The topological polar surface area (TPSA) is 24.1 Å². The molecule has 2 aromatic rings. The maximum atomic E-state index is 3.56.